The van der Waals surface area contributed by atoms with Crippen LogP contribution in [0.3, 0.4) is 0 Å². The summed E-state index contributed by atoms with van der Waals surface area (Å²) in [7, 11) is 0. The van der Waals surface area contributed by atoms with Crippen LogP contribution in [0, 0.1) is 12.3 Å². The van der Waals surface area contributed by atoms with E-state index in [9.17, 15) is 9.59 Å². The van der Waals surface area contributed by atoms with E-state index in [1.807, 2.05) is 0 Å². The lowest BCUT2D eigenvalue weighted by atomic mass is 10.0. The summed E-state index contributed by atoms with van der Waals surface area (Å²) < 4.78 is 16.4. The number of amides is 1. The van der Waals surface area contributed by atoms with Crippen LogP contribution in [-0.4, -0.2) is 43.5 Å². The third-order valence-corrected chi connectivity index (χ3v) is 3.06. The average molecular weight is 297 g/mol. The second-order valence-electron chi connectivity index (χ2n) is 4.99. The molecule has 0 aliphatic carbocycles. The van der Waals surface area contributed by atoms with Crippen molar-refractivity contribution in [2.45, 2.75) is 58.0 Å². The zero-order valence-electron chi connectivity index (χ0n) is 12.6. The first-order valence-corrected chi connectivity index (χ1v) is 7.14. The number of nitrogens with one attached hydrogen (secondary N) is 1. The van der Waals surface area contributed by atoms with Gasteiger partial charge in [-0.3, -0.25) is 9.59 Å². The van der Waals surface area contributed by atoms with Crippen LogP contribution in [0.1, 0.15) is 39.5 Å². The summed E-state index contributed by atoms with van der Waals surface area (Å²) in [5.74, 6) is 2.08. The molecular formula is C15H23NO5. The fourth-order valence-corrected chi connectivity index (χ4v) is 2.12. The summed E-state index contributed by atoms with van der Waals surface area (Å²) in [5.41, 5.74) is 0. The molecule has 6 heteroatoms. The molecule has 0 bridgehead atoms. The van der Waals surface area contributed by atoms with Crippen LogP contribution in [0.5, 0.6) is 0 Å². The van der Waals surface area contributed by atoms with E-state index in [1.165, 1.54) is 13.8 Å². The largest absolute Gasteiger partial charge is 0.463 e. The molecule has 0 aromatic carbocycles. The highest BCUT2D eigenvalue weighted by Gasteiger charge is 2.32. The van der Waals surface area contributed by atoms with E-state index in [-0.39, 0.29) is 30.6 Å². The van der Waals surface area contributed by atoms with Crippen molar-refractivity contribution in [1.82, 2.24) is 5.32 Å². The predicted octanol–water partition coefficient (Wildman–Crippen LogP) is 0.989. The molecule has 1 heterocycles. The molecule has 1 rings (SSSR count). The monoisotopic (exact) mass is 297 g/mol. The second-order valence-corrected chi connectivity index (χ2v) is 4.99. The lowest BCUT2D eigenvalue weighted by Gasteiger charge is -2.36. The molecule has 0 aromatic rings. The van der Waals surface area contributed by atoms with Crippen LogP contribution < -0.4 is 5.32 Å². The molecule has 0 aromatic heterocycles. The molecule has 1 fully saturated rings. The Balaban J connectivity index is 2.48. The molecular weight excluding hydrogens is 274 g/mol. The Labute approximate surface area is 125 Å². The zero-order chi connectivity index (χ0) is 15.7. The van der Waals surface area contributed by atoms with Crippen LogP contribution in [0.25, 0.3) is 0 Å². The highest BCUT2D eigenvalue weighted by molar-refractivity contribution is 5.73. The van der Waals surface area contributed by atoms with Crippen LogP contribution >= 0.6 is 0 Å². The highest BCUT2D eigenvalue weighted by atomic mass is 16.7. The average Bonchev–Trinajstić information content (AvgIpc) is 2.42. The number of carbonyl (C=O) groups is 2. The Hall–Kier alpha value is -1.58. The van der Waals surface area contributed by atoms with E-state index in [0.717, 1.165) is 6.42 Å². The summed E-state index contributed by atoms with van der Waals surface area (Å²) in [6, 6.07) is -0.193. The van der Waals surface area contributed by atoms with Gasteiger partial charge in [-0.05, 0) is 19.3 Å². The van der Waals surface area contributed by atoms with E-state index in [4.69, 9.17) is 20.6 Å². The van der Waals surface area contributed by atoms with E-state index in [0.29, 0.717) is 25.9 Å². The summed E-state index contributed by atoms with van der Waals surface area (Å²) in [5, 5.41) is 2.82. The summed E-state index contributed by atoms with van der Waals surface area (Å²) in [6.07, 6.45) is 7.21. The number of rotatable bonds is 7. The topological polar surface area (TPSA) is 73.9 Å². The minimum atomic E-state index is -0.541. The number of ether oxygens (including phenoxy) is 3. The molecule has 0 unspecified atom stereocenters. The van der Waals surface area contributed by atoms with E-state index < -0.39 is 6.29 Å². The number of carbonyl (C=O) groups excluding carboxylic acids is 2. The van der Waals surface area contributed by atoms with Gasteiger partial charge in [-0.2, -0.15) is 0 Å². The van der Waals surface area contributed by atoms with Crippen LogP contribution in [0.4, 0.5) is 0 Å². The molecule has 21 heavy (non-hydrogen) atoms. The van der Waals surface area contributed by atoms with Crippen molar-refractivity contribution in [2.24, 2.45) is 0 Å². The van der Waals surface area contributed by atoms with E-state index >= 15 is 0 Å². The zero-order valence-corrected chi connectivity index (χ0v) is 12.6. The van der Waals surface area contributed by atoms with Crippen molar-refractivity contribution in [3.63, 3.8) is 0 Å². The smallest absolute Gasteiger partial charge is 0.302 e. The van der Waals surface area contributed by atoms with Gasteiger partial charge in [0.25, 0.3) is 0 Å². The Morgan fingerprint density at radius 3 is 2.76 bits per heavy atom. The van der Waals surface area contributed by atoms with Gasteiger partial charge in [0.15, 0.2) is 6.29 Å². The normalized spacial score (nSPS) is 24.9. The van der Waals surface area contributed by atoms with Crippen molar-refractivity contribution in [2.75, 3.05) is 13.2 Å². The highest BCUT2D eigenvalue weighted by Crippen LogP contribution is 2.21. The van der Waals surface area contributed by atoms with Gasteiger partial charge in [-0.25, -0.2) is 0 Å². The fourth-order valence-electron chi connectivity index (χ4n) is 2.12. The maximum atomic E-state index is 11.2. The summed E-state index contributed by atoms with van der Waals surface area (Å²) in [6.45, 7) is 3.48. The summed E-state index contributed by atoms with van der Waals surface area (Å²) >= 11 is 0. The third-order valence-electron chi connectivity index (χ3n) is 3.06. The van der Waals surface area contributed by atoms with Gasteiger partial charge in [-0.15, -0.1) is 12.3 Å². The van der Waals surface area contributed by atoms with Crippen LogP contribution in [-0.2, 0) is 23.8 Å². The number of unbranched alkanes of at least 4 members (excludes halogenated alkanes) is 1. The first-order valence-electron chi connectivity index (χ1n) is 7.14. The molecule has 6 nitrogen and oxygen atoms in total. The van der Waals surface area contributed by atoms with Crippen molar-refractivity contribution in [1.29, 1.82) is 0 Å². The van der Waals surface area contributed by atoms with Crippen molar-refractivity contribution >= 4 is 11.9 Å². The Morgan fingerprint density at radius 2 is 2.14 bits per heavy atom. The van der Waals surface area contributed by atoms with E-state index in [1.54, 1.807) is 0 Å². The lowest BCUT2D eigenvalue weighted by Crippen LogP contribution is -2.51. The second kappa shape index (κ2) is 9.37. The number of hydrogen-bond donors (Lipinski definition) is 1. The predicted molar refractivity (Wildman–Crippen MR) is 76.2 cm³/mol. The van der Waals surface area contributed by atoms with Gasteiger partial charge in [0, 0.05) is 20.3 Å². The Morgan fingerprint density at radius 1 is 1.38 bits per heavy atom. The van der Waals surface area contributed by atoms with Gasteiger partial charge in [0.05, 0.1) is 18.8 Å². The molecule has 1 aliphatic rings. The Kier molecular flexibility index (Phi) is 7.80. The maximum absolute atomic E-state index is 11.2. The van der Waals surface area contributed by atoms with Crippen molar-refractivity contribution < 1.29 is 23.8 Å². The standard InChI is InChI=1S/C15H23NO5/c1-4-5-6-9-19-15-14(16-11(2)17)8-7-13(21-15)10-20-12(3)18/h1,13-15H,5-10H2,2-3H3,(H,16,17)/t13-,14+,15+/m1/s1. The van der Waals surface area contributed by atoms with Gasteiger partial charge in [0.1, 0.15) is 6.61 Å². The molecule has 118 valence electrons. The SMILES string of the molecule is C#CCCCO[C@H]1O[C@@H](COC(C)=O)CC[C@@H]1NC(C)=O. The van der Waals surface area contributed by atoms with Gasteiger partial charge in [0.2, 0.25) is 5.91 Å². The van der Waals surface area contributed by atoms with Crippen molar-refractivity contribution in [3.8, 4) is 12.3 Å². The van der Waals surface area contributed by atoms with E-state index in [2.05, 4.69) is 11.2 Å². The molecule has 0 spiro atoms. The molecule has 1 N–H and O–H groups in total. The number of hydrogen-bond acceptors (Lipinski definition) is 5. The molecule has 1 saturated heterocycles. The molecule has 0 radical (unpaired) electrons. The quantitative estimate of drug-likeness (QED) is 0.431. The fraction of sp³-hybridized carbons (Fsp3) is 0.733. The van der Waals surface area contributed by atoms with Gasteiger partial charge in [-0.1, -0.05) is 0 Å². The van der Waals surface area contributed by atoms with Crippen molar-refractivity contribution in [3.05, 3.63) is 0 Å². The first kappa shape index (κ1) is 17.5. The maximum Gasteiger partial charge on any atom is 0.302 e. The molecule has 3 atom stereocenters. The third kappa shape index (κ3) is 7.11. The lowest BCUT2D eigenvalue weighted by molar-refractivity contribution is -0.217. The Bertz CT molecular complexity index is 390. The first-order chi connectivity index (χ1) is 10.0. The summed E-state index contributed by atoms with van der Waals surface area (Å²) in [4.78, 5) is 22.0. The van der Waals surface area contributed by atoms with Crippen LogP contribution in [0.15, 0.2) is 0 Å². The van der Waals surface area contributed by atoms with Crippen LogP contribution in [0.2, 0.25) is 0 Å². The molecule has 1 amide bonds. The number of terminal acetylenes is 1. The minimum absolute atomic E-state index is 0.126. The number of esters is 1. The van der Waals surface area contributed by atoms with Gasteiger partial charge >= 0.3 is 5.97 Å². The van der Waals surface area contributed by atoms with Gasteiger partial charge < -0.3 is 19.5 Å². The molecule has 0 saturated carbocycles. The molecule has 1 aliphatic heterocycles. The minimum Gasteiger partial charge on any atom is -0.463 e.